The van der Waals surface area contributed by atoms with Crippen molar-refractivity contribution in [2.75, 3.05) is 32.2 Å². The van der Waals surface area contributed by atoms with Gasteiger partial charge < -0.3 is 35.3 Å². The van der Waals surface area contributed by atoms with Gasteiger partial charge in [-0.2, -0.15) is 0 Å². The molecule has 4 N–H and O–H groups in total. The van der Waals surface area contributed by atoms with Gasteiger partial charge in [0.05, 0.1) is 25.7 Å². The van der Waals surface area contributed by atoms with Crippen LogP contribution in [0.3, 0.4) is 0 Å². The molecule has 1 aliphatic carbocycles. The number of carbonyl (C=O) groups excluding carboxylic acids is 2. The zero-order valence-electron chi connectivity index (χ0n) is 18.5. The molecule has 2 heterocycles. The molecule has 1 saturated carbocycles. The van der Waals surface area contributed by atoms with Gasteiger partial charge >= 0.3 is 6.03 Å². The lowest BCUT2D eigenvalue weighted by molar-refractivity contribution is -0.142. The number of benzene rings is 1. The molecule has 0 unspecified atom stereocenters. The van der Waals surface area contributed by atoms with E-state index in [2.05, 4.69) is 16.0 Å². The van der Waals surface area contributed by atoms with Crippen LogP contribution in [0.25, 0.3) is 0 Å². The van der Waals surface area contributed by atoms with E-state index in [4.69, 9.17) is 14.2 Å². The maximum Gasteiger partial charge on any atom is 0.319 e. The average Bonchev–Trinajstić information content (AvgIpc) is 3.41. The van der Waals surface area contributed by atoms with E-state index in [0.29, 0.717) is 25.3 Å². The Morgan fingerprint density at radius 2 is 2.06 bits per heavy atom. The number of carbonyl (C=O) groups is 2. The fraction of sp³-hybridized carbons (Fsp3) is 0.652. The molecule has 3 amide bonds. The molecule has 4 rings (SSSR count). The van der Waals surface area contributed by atoms with Crippen LogP contribution >= 0.6 is 0 Å². The summed E-state index contributed by atoms with van der Waals surface area (Å²) in [6, 6.07) is 5.65. The third-order valence-electron chi connectivity index (χ3n) is 6.49. The van der Waals surface area contributed by atoms with Crippen LogP contribution in [0.5, 0.6) is 5.75 Å². The van der Waals surface area contributed by atoms with Gasteiger partial charge in [0, 0.05) is 36.9 Å². The Morgan fingerprint density at radius 1 is 1.25 bits per heavy atom. The third-order valence-corrected chi connectivity index (χ3v) is 6.49. The van der Waals surface area contributed by atoms with Crippen LogP contribution in [0.4, 0.5) is 10.5 Å². The first-order chi connectivity index (χ1) is 15.6. The minimum Gasteiger partial charge on any atom is -0.487 e. The highest BCUT2D eigenvalue weighted by molar-refractivity contribution is 5.89. The number of aliphatic hydroxyl groups excluding tert-OH is 1. The zero-order chi connectivity index (χ0) is 22.5. The molecule has 0 aromatic heterocycles. The Bertz CT molecular complexity index is 813. The van der Waals surface area contributed by atoms with Gasteiger partial charge in [0.25, 0.3) is 0 Å². The van der Waals surface area contributed by atoms with Crippen LogP contribution < -0.4 is 20.7 Å². The summed E-state index contributed by atoms with van der Waals surface area (Å²) in [6.07, 6.45) is 4.02. The Labute approximate surface area is 188 Å². The van der Waals surface area contributed by atoms with Crippen LogP contribution in [-0.2, 0) is 14.3 Å². The molecule has 1 saturated heterocycles. The largest absolute Gasteiger partial charge is 0.487 e. The molecule has 9 heteroatoms. The molecule has 3 aliphatic rings. The van der Waals surface area contributed by atoms with Crippen molar-refractivity contribution in [3.8, 4) is 5.75 Å². The summed E-state index contributed by atoms with van der Waals surface area (Å²) in [6.45, 7) is 0.708. The Balaban J connectivity index is 1.41. The second-order valence-electron chi connectivity index (χ2n) is 8.78. The summed E-state index contributed by atoms with van der Waals surface area (Å²) in [7, 11) is 1.58. The number of ether oxygens (including phenoxy) is 3. The molecule has 1 aromatic rings. The molecule has 2 aliphatic heterocycles. The number of methoxy groups -OCH3 is 1. The van der Waals surface area contributed by atoms with Crippen LogP contribution in [-0.4, -0.2) is 68.3 Å². The number of anilines is 1. The minimum atomic E-state index is -0.514. The molecule has 176 valence electrons. The number of aliphatic hydroxyl groups is 1. The van der Waals surface area contributed by atoms with E-state index in [-0.39, 0.29) is 49.1 Å². The first-order valence-electron chi connectivity index (χ1n) is 11.5. The number of amides is 3. The van der Waals surface area contributed by atoms with E-state index in [1.165, 1.54) is 0 Å². The number of hydrogen-bond donors (Lipinski definition) is 4. The standard InChI is InChI=1S/C23H33N3O6/c1-30-9-8-24-21(28)12-16-11-18-17-10-15(26-23(29)25-14-4-2-3-5-14)6-7-19(17)32-22(18)20(13-27)31-16/h6-7,10,14,16,18,20,22,27H,2-5,8-9,11-13H2,1H3,(H,24,28)(H2,25,26,29)/t16-,18-,20-,22+/m0/s1. The topological polar surface area (TPSA) is 118 Å². The quantitative estimate of drug-likeness (QED) is 0.452. The smallest absolute Gasteiger partial charge is 0.319 e. The van der Waals surface area contributed by atoms with Crippen molar-refractivity contribution in [3.63, 3.8) is 0 Å². The molecule has 0 spiro atoms. The molecule has 0 radical (unpaired) electrons. The number of nitrogens with one attached hydrogen (secondary N) is 3. The van der Waals surface area contributed by atoms with Crippen molar-refractivity contribution in [2.45, 2.75) is 68.8 Å². The molecule has 9 nitrogen and oxygen atoms in total. The highest BCUT2D eigenvalue weighted by Gasteiger charge is 2.46. The normalized spacial score (nSPS) is 26.7. The second-order valence-corrected chi connectivity index (χ2v) is 8.78. The van der Waals surface area contributed by atoms with E-state index in [1.54, 1.807) is 7.11 Å². The van der Waals surface area contributed by atoms with Gasteiger partial charge in [-0.1, -0.05) is 12.8 Å². The molecular formula is C23H33N3O6. The zero-order valence-corrected chi connectivity index (χ0v) is 18.5. The van der Waals surface area contributed by atoms with Gasteiger partial charge in [-0.05, 0) is 37.5 Å². The molecule has 0 bridgehead atoms. The van der Waals surface area contributed by atoms with E-state index in [9.17, 15) is 14.7 Å². The summed E-state index contributed by atoms with van der Waals surface area (Å²) in [4.78, 5) is 24.6. The number of rotatable bonds is 8. The van der Waals surface area contributed by atoms with Crippen molar-refractivity contribution >= 4 is 17.6 Å². The van der Waals surface area contributed by atoms with E-state index < -0.39 is 6.10 Å². The predicted molar refractivity (Wildman–Crippen MR) is 118 cm³/mol. The first kappa shape index (κ1) is 22.8. The van der Waals surface area contributed by atoms with Crippen molar-refractivity contribution in [1.82, 2.24) is 10.6 Å². The third kappa shape index (κ3) is 5.33. The van der Waals surface area contributed by atoms with Crippen LogP contribution in [0.2, 0.25) is 0 Å². The molecule has 4 atom stereocenters. The lowest BCUT2D eigenvalue weighted by Gasteiger charge is -2.37. The van der Waals surface area contributed by atoms with Gasteiger partial charge in [0.2, 0.25) is 5.91 Å². The van der Waals surface area contributed by atoms with Gasteiger partial charge in [-0.3, -0.25) is 4.79 Å². The fourth-order valence-corrected chi connectivity index (χ4v) is 4.96. The highest BCUT2D eigenvalue weighted by Crippen LogP contribution is 2.47. The maximum atomic E-state index is 12.4. The van der Waals surface area contributed by atoms with E-state index in [0.717, 1.165) is 37.0 Å². The second kappa shape index (κ2) is 10.5. The Morgan fingerprint density at radius 3 is 2.81 bits per heavy atom. The monoisotopic (exact) mass is 447 g/mol. The average molecular weight is 448 g/mol. The van der Waals surface area contributed by atoms with E-state index in [1.807, 2.05) is 18.2 Å². The molecule has 32 heavy (non-hydrogen) atoms. The highest BCUT2D eigenvalue weighted by atomic mass is 16.6. The number of fused-ring (bicyclic) bond motifs is 3. The van der Waals surface area contributed by atoms with Crippen molar-refractivity contribution in [1.29, 1.82) is 0 Å². The fourth-order valence-electron chi connectivity index (χ4n) is 4.96. The van der Waals surface area contributed by atoms with Crippen molar-refractivity contribution in [3.05, 3.63) is 23.8 Å². The van der Waals surface area contributed by atoms with E-state index >= 15 is 0 Å². The summed E-state index contributed by atoms with van der Waals surface area (Å²) in [5, 5.41) is 18.6. The van der Waals surface area contributed by atoms with Gasteiger partial charge in [0.1, 0.15) is 18.0 Å². The van der Waals surface area contributed by atoms with Crippen LogP contribution in [0.1, 0.15) is 50.0 Å². The lowest BCUT2D eigenvalue weighted by Crippen LogP contribution is -2.47. The molecule has 2 fully saturated rings. The Hall–Kier alpha value is -2.36. The number of urea groups is 1. The summed E-state index contributed by atoms with van der Waals surface area (Å²) in [5.74, 6) is 0.599. The lowest BCUT2D eigenvalue weighted by atomic mass is 9.84. The van der Waals surface area contributed by atoms with Crippen LogP contribution in [0, 0.1) is 0 Å². The predicted octanol–water partition coefficient (Wildman–Crippen LogP) is 1.90. The summed E-state index contributed by atoms with van der Waals surface area (Å²) < 4.78 is 17.0. The van der Waals surface area contributed by atoms with Crippen LogP contribution in [0.15, 0.2) is 18.2 Å². The molecular weight excluding hydrogens is 414 g/mol. The van der Waals surface area contributed by atoms with Crippen molar-refractivity contribution in [2.24, 2.45) is 0 Å². The Kier molecular flexibility index (Phi) is 7.49. The number of hydrogen-bond acceptors (Lipinski definition) is 6. The maximum absolute atomic E-state index is 12.4. The minimum absolute atomic E-state index is 0.0210. The van der Waals surface area contributed by atoms with Gasteiger partial charge in [0.15, 0.2) is 0 Å². The summed E-state index contributed by atoms with van der Waals surface area (Å²) >= 11 is 0. The first-order valence-corrected chi connectivity index (χ1v) is 11.5. The van der Waals surface area contributed by atoms with Crippen molar-refractivity contribution < 1.29 is 28.9 Å². The SMILES string of the molecule is COCCNC(=O)C[C@@H]1C[C@H]2c3cc(NC(=O)NC4CCCC4)ccc3O[C@H]2[C@H](CO)O1. The van der Waals surface area contributed by atoms with Gasteiger partial charge in [-0.15, -0.1) is 0 Å². The summed E-state index contributed by atoms with van der Waals surface area (Å²) in [5.41, 5.74) is 1.67. The van der Waals surface area contributed by atoms with Gasteiger partial charge in [-0.25, -0.2) is 4.79 Å². The molecule has 1 aromatic carbocycles.